The molecule has 2 saturated heterocycles. The number of rotatable bonds is 8. The molecule has 3 heterocycles. The van der Waals surface area contributed by atoms with Crippen LogP contribution in [0.1, 0.15) is 50.3 Å². The average Bonchev–Trinajstić information content (AvgIpc) is 3.39. The Morgan fingerprint density at radius 1 is 1.05 bits per heavy atom. The largest absolute Gasteiger partial charge is 0.497 e. The first kappa shape index (κ1) is 27.5. The number of hydrogen-bond donors (Lipinski definition) is 1. The van der Waals surface area contributed by atoms with Crippen LogP contribution < -0.4 is 14.5 Å². The van der Waals surface area contributed by atoms with Crippen molar-refractivity contribution in [1.82, 2.24) is 0 Å². The summed E-state index contributed by atoms with van der Waals surface area (Å²) < 4.78 is 12.4. The van der Waals surface area contributed by atoms with Crippen LogP contribution in [0.3, 0.4) is 0 Å². The number of nitrogens with zero attached hydrogens (tertiary/aromatic N) is 2. The van der Waals surface area contributed by atoms with Gasteiger partial charge in [-0.3, -0.25) is 9.59 Å². The van der Waals surface area contributed by atoms with Crippen molar-refractivity contribution >= 4 is 23.2 Å². The molecule has 3 aliphatic heterocycles. The van der Waals surface area contributed by atoms with Crippen molar-refractivity contribution in [3.05, 3.63) is 89.5 Å². The summed E-state index contributed by atoms with van der Waals surface area (Å²) >= 11 is 0. The molecule has 1 spiro atoms. The number of benzene rings is 3. The van der Waals surface area contributed by atoms with E-state index in [0.29, 0.717) is 25.9 Å². The Bertz CT molecular complexity index is 1450. The summed E-state index contributed by atoms with van der Waals surface area (Å²) in [4.78, 5) is 30.7. The van der Waals surface area contributed by atoms with Gasteiger partial charge < -0.3 is 24.4 Å². The van der Waals surface area contributed by atoms with Crippen molar-refractivity contribution in [1.29, 1.82) is 0 Å². The van der Waals surface area contributed by atoms with Crippen LogP contribution in [0.15, 0.2) is 72.8 Å². The lowest BCUT2D eigenvalue weighted by atomic mass is 9.63. The van der Waals surface area contributed by atoms with Gasteiger partial charge in [0.1, 0.15) is 5.75 Å². The number of aliphatic hydroxyl groups is 1. The second-order valence-corrected chi connectivity index (χ2v) is 12.0. The van der Waals surface area contributed by atoms with E-state index in [1.807, 2.05) is 65.6 Å². The quantitative estimate of drug-likeness (QED) is 0.388. The number of carbonyl (C=O) groups excluding carboxylic acids is 2. The number of aliphatic hydroxyl groups excluding tert-OH is 1. The predicted octanol–water partition coefficient (Wildman–Crippen LogP) is 5.19. The third-order valence-electron chi connectivity index (χ3n) is 9.58. The van der Waals surface area contributed by atoms with Gasteiger partial charge in [-0.2, -0.15) is 0 Å². The Kier molecular flexibility index (Phi) is 6.91. The van der Waals surface area contributed by atoms with Gasteiger partial charge in [0.15, 0.2) is 5.60 Å². The minimum atomic E-state index is -1.23. The smallest absolute Gasteiger partial charge is 0.264 e. The Labute approximate surface area is 241 Å². The number of carbonyl (C=O) groups is 2. The molecule has 2 fully saturated rings. The van der Waals surface area contributed by atoms with E-state index < -0.39 is 5.60 Å². The molecule has 0 radical (unpaired) electrons. The number of ether oxygens (including phenoxy) is 2. The maximum Gasteiger partial charge on any atom is 0.264 e. The molecule has 0 bridgehead atoms. The molecule has 41 heavy (non-hydrogen) atoms. The fourth-order valence-electron chi connectivity index (χ4n) is 7.38. The zero-order valence-electron chi connectivity index (χ0n) is 24.2. The van der Waals surface area contributed by atoms with Crippen molar-refractivity contribution in [3.63, 3.8) is 0 Å². The lowest BCUT2D eigenvalue weighted by Gasteiger charge is -2.38. The van der Waals surface area contributed by atoms with E-state index in [1.54, 1.807) is 12.0 Å². The fraction of sp³-hybridized carbons (Fsp3) is 0.412. The molecule has 3 aromatic rings. The van der Waals surface area contributed by atoms with E-state index in [2.05, 4.69) is 32.9 Å². The summed E-state index contributed by atoms with van der Waals surface area (Å²) in [6.45, 7) is 7.55. The van der Waals surface area contributed by atoms with E-state index in [1.165, 1.54) is 0 Å². The Morgan fingerprint density at radius 3 is 2.39 bits per heavy atom. The highest BCUT2D eigenvalue weighted by Crippen LogP contribution is 2.60. The highest BCUT2D eigenvalue weighted by atomic mass is 16.5. The van der Waals surface area contributed by atoms with Crippen molar-refractivity contribution < 1.29 is 24.2 Å². The van der Waals surface area contributed by atoms with Crippen LogP contribution in [0.25, 0.3) is 0 Å². The average molecular weight is 555 g/mol. The lowest BCUT2D eigenvalue weighted by Crippen LogP contribution is -2.46. The first-order valence-electron chi connectivity index (χ1n) is 14.5. The zero-order valence-corrected chi connectivity index (χ0v) is 24.2. The Morgan fingerprint density at radius 2 is 1.78 bits per heavy atom. The monoisotopic (exact) mass is 554 g/mol. The van der Waals surface area contributed by atoms with Crippen LogP contribution >= 0.6 is 0 Å². The van der Waals surface area contributed by atoms with Crippen LogP contribution in [-0.4, -0.2) is 43.3 Å². The maximum atomic E-state index is 14.7. The van der Waals surface area contributed by atoms with Crippen LogP contribution in [0.5, 0.6) is 5.75 Å². The molecule has 0 aromatic heterocycles. The molecule has 1 N–H and O–H groups in total. The minimum absolute atomic E-state index is 0.0419. The third-order valence-corrected chi connectivity index (χ3v) is 9.58. The van der Waals surface area contributed by atoms with Crippen molar-refractivity contribution in [2.45, 2.75) is 57.3 Å². The summed E-state index contributed by atoms with van der Waals surface area (Å²) in [6, 6.07) is 23.9. The second kappa shape index (κ2) is 10.3. The molecule has 0 aliphatic carbocycles. The maximum absolute atomic E-state index is 14.7. The number of fused-ring (bicyclic) bond motifs is 2. The first-order chi connectivity index (χ1) is 19.7. The first-order valence-corrected chi connectivity index (χ1v) is 14.5. The third kappa shape index (κ3) is 4.25. The van der Waals surface area contributed by atoms with E-state index >= 15 is 0 Å². The molecule has 7 nitrogen and oxygen atoms in total. The number of anilines is 2. The van der Waals surface area contributed by atoms with Crippen molar-refractivity contribution in [2.24, 2.45) is 11.8 Å². The molecule has 214 valence electrons. The van der Waals surface area contributed by atoms with Gasteiger partial charge in [-0.05, 0) is 53.3 Å². The summed E-state index contributed by atoms with van der Waals surface area (Å²) in [5, 5.41) is 10.1. The van der Waals surface area contributed by atoms with Gasteiger partial charge in [-0.1, -0.05) is 63.2 Å². The summed E-state index contributed by atoms with van der Waals surface area (Å²) in [7, 11) is 1.65. The van der Waals surface area contributed by atoms with E-state index in [4.69, 9.17) is 9.47 Å². The van der Waals surface area contributed by atoms with Gasteiger partial charge in [-0.15, -0.1) is 0 Å². The highest BCUT2D eigenvalue weighted by Gasteiger charge is 2.66. The Hall–Kier alpha value is -3.68. The molecule has 3 aliphatic rings. The van der Waals surface area contributed by atoms with Crippen molar-refractivity contribution in [2.75, 3.05) is 30.1 Å². The van der Waals surface area contributed by atoms with E-state index in [9.17, 15) is 14.7 Å². The van der Waals surface area contributed by atoms with E-state index in [-0.39, 0.29) is 41.8 Å². The van der Waals surface area contributed by atoms with Crippen LogP contribution in [0.2, 0.25) is 0 Å². The normalized spacial score (nSPS) is 25.5. The molecule has 7 heteroatoms. The van der Waals surface area contributed by atoms with Crippen molar-refractivity contribution in [3.8, 4) is 5.75 Å². The van der Waals surface area contributed by atoms with Gasteiger partial charge in [0.25, 0.3) is 5.91 Å². The minimum Gasteiger partial charge on any atom is -0.497 e. The van der Waals surface area contributed by atoms with Gasteiger partial charge in [0.2, 0.25) is 5.91 Å². The number of amides is 2. The molecule has 2 amide bonds. The summed E-state index contributed by atoms with van der Waals surface area (Å²) in [5.41, 5.74) is 2.94. The fourth-order valence-corrected chi connectivity index (χ4v) is 7.38. The molecular formula is C34H38N2O5. The SMILES string of the molecule is COc1ccc(C(C)(C)[C@@H]2[C@@H](CCO)O[C@]3(C(=O)N(Cc4ccccc4)c4ccc(N5CCC5=O)cc43)[C@H]2C)cc1. The lowest BCUT2D eigenvalue weighted by molar-refractivity contribution is -0.146. The molecule has 6 rings (SSSR count). The summed E-state index contributed by atoms with van der Waals surface area (Å²) in [6.07, 6.45) is 0.599. The topological polar surface area (TPSA) is 79.3 Å². The second-order valence-electron chi connectivity index (χ2n) is 12.0. The number of β-lactam (4-membered cyclic amide) rings is 1. The van der Waals surface area contributed by atoms with Crippen LogP contribution in [0, 0.1) is 11.8 Å². The van der Waals surface area contributed by atoms with Gasteiger partial charge in [0.05, 0.1) is 25.4 Å². The molecule has 4 atom stereocenters. The molecule has 0 unspecified atom stereocenters. The molecule has 3 aromatic carbocycles. The Balaban J connectivity index is 1.47. The predicted molar refractivity (Wildman–Crippen MR) is 158 cm³/mol. The number of hydrogen-bond acceptors (Lipinski definition) is 5. The summed E-state index contributed by atoms with van der Waals surface area (Å²) in [5.74, 6) is 0.484. The van der Waals surface area contributed by atoms with E-state index in [0.717, 1.165) is 33.8 Å². The van der Waals surface area contributed by atoms with Gasteiger partial charge in [-0.25, -0.2) is 0 Å². The standard InChI is InChI=1S/C34H38N2O5/c1-22-31(33(2,3)24-10-13-26(40-4)14-11-24)29(17-19-37)41-34(22)27-20-25(35-18-16-30(35)38)12-15-28(27)36(32(34)39)21-23-8-6-5-7-9-23/h5-15,20,22,29,31,37H,16-19,21H2,1-4H3/t22-,29+,31-,34+/m0/s1. The molecular weight excluding hydrogens is 516 g/mol. The van der Waals surface area contributed by atoms with Crippen LogP contribution in [-0.2, 0) is 31.9 Å². The van der Waals surface area contributed by atoms with Gasteiger partial charge in [0, 0.05) is 42.7 Å². The number of methoxy groups -OCH3 is 1. The zero-order chi connectivity index (χ0) is 28.9. The van der Waals surface area contributed by atoms with Crippen LogP contribution in [0.4, 0.5) is 11.4 Å². The molecule has 0 saturated carbocycles. The van der Waals surface area contributed by atoms with Gasteiger partial charge >= 0.3 is 0 Å². The highest BCUT2D eigenvalue weighted by molar-refractivity contribution is 6.08.